The summed E-state index contributed by atoms with van der Waals surface area (Å²) in [7, 11) is 0. The number of nitrogens with one attached hydrogen (secondary N) is 1. The molecule has 0 aliphatic carbocycles. The van der Waals surface area contributed by atoms with Crippen molar-refractivity contribution < 1.29 is 0 Å². The van der Waals surface area contributed by atoms with Crippen molar-refractivity contribution in [2.24, 2.45) is 5.73 Å². The lowest BCUT2D eigenvalue weighted by atomic mass is 10.1. The SMILES string of the molecule is CCC(N)Cc1csc(-c2cn[nH]n2)n1. The average molecular weight is 223 g/mol. The van der Waals surface area contributed by atoms with Crippen LogP contribution in [0.25, 0.3) is 10.7 Å². The van der Waals surface area contributed by atoms with E-state index in [1.807, 2.05) is 5.38 Å². The molecule has 1 atom stereocenters. The van der Waals surface area contributed by atoms with Crippen LogP contribution in [0.1, 0.15) is 19.0 Å². The summed E-state index contributed by atoms with van der Waals surface area (Å²) >= 11 is 1.57. The monoisotopic (exact) mass is 223 g/mol. The Kier molecular flexibility index (Phi) is 3.08. The number of H-pyrrole nitrogens is 1. The first-order valence-corrected chi connectivity index (χ1v) is 5.73. The number of nitrogens with zero attached hydrogens (tertiary/aromatic N) is 3. The maximum Gasteiger partial charge on any atom is 0.145 e. The van der Waals surface area contributed by atoms with Crippen molar-refractivity contribution in [2.75, 3.05) is 0 Å². The van der Waals surface area contributed by atoms with Crippen LogP contribution in [0.15, 0.2) is 11.6 Å². The zero-order valence-electron chi connectivity index (χ0n) is 8.47. The van der Waals surface area contributed by atoms with E-state index in [2.05, 4.69) is 27.3 Å². The highest BCUT2D eigenvalue weighted by atomic mass is 32.1. The third-order valence-corrected chi connectivity index (χ3v) is 3.10. The van der Waals surface area contributed by atoms with E-state index in [0.29, 0.717) is 0 Å². The Labute approximate surface area is 91.7 Å². The van der Waals surface area contributed by atoms with Crippen LogP contribution in [-0.2, 0) is 6.42 Å². The number of aromatic amines is 1. The number of aromatic nitrogens is 4. The highest BCUT2D eigenvalue weighted by Gasteiger charge is 2.09. The van der Waals surface area contributed by atoms with Gasteiger partial charge in [-0.05, 0) is 6.42 Å². The van der Waals surface area contributed by atoms with E-state index in [-0.39, 0.29) is 6.04 Å². The molecule has 2 rings (SSSR count). The second-order valence-corrected chi connectivity index (χ2v) is 4.23. The van der Waals surface area contributed by atoms with Gasteiger partial charge in [-0.1, -0.05) is 6.92 Å². The Balaban J connectivity index is 2.11. The van der Waals surface area contributed by atoms with Crippen molar-refractivity contribution in [1.82, 2.24) is 20.4 Å². The summed E-state index contributed by atoms with van der Waals surface area (Å²) in [6, 6.07) is 0.192. The van der Waals surface area contributed by atoms with Crippen molar-refractivity contribution in [2.45, 2.75) is 25.8 Å². The minimum absolute atomic E-state index is 0.192. The first kappa shape index (κ1) is 10.3. The largest absolute Gasteiger partial charge is 0.327 e. The zero-order chi connectivity index (χ0) is 10.7. The third-order valence-electron chi connectivity index (χ3n) is 2.18. The lowest BCUT2D eigenvalue weighted by Gasteiger charge is -2.04. The topological polar surface area (TPSA) is 80.5 Å². The summed E-state index contributed by atoms with van der Waals surface area (Å²) in [5.41, 5.74) is 7.69. The Morgan fingerprint density at radius 3 is 3.13 bits per heavy atom. The van der Waals surface area contributed by atoms with E-state index in [1.54, 1.807) is 17.5 Å². The normalized spacial score (nSPS) is 12.9. The molecule has 0 aliphatic heterocycles. The van der Waals surface area contributed by atoms with Gasteiger partial charge in [0.2, 0.25) is 0 Å². The van der Waals surface area contributed by atoms with Gasteiger partial charge in [0.25, 0.3) is 0 Å². The van der Waals surface area contributed by atoms with Crippen LogP contribution < -0.4 is 5.73 Å². The van der Waals surface area contributed by atoms with Gasteiger partial charge in [0, 0.05) is 17.8 Å². The number of nitrogens with two attached hydrogens (primary N) is 1. The van der Waals surface area contributed by atoms with Gasteiger partial charge in [-0.25, -0.2) is 4.98 Å². The summed E-state index contributed by atoms with van der Waals surface area (Å²) in [4.78, 5) is 4.46. The number of rotatable bonds is 4. The van der Waals surface area contributed by atoms with Crippen molar-refractivity contribution in [3.05, 3.63) is 17.3 Å². The van der Waals surface area contributed by atoms with E-state index in [9.17, 15) is 0 Å². The van der Waals surface area contributed by atoms with Crippen molar-refractivity contribution >= 4 is 11.3 Å². The third kappa shape index (κ3) is 2.40. The number of thiazole rings is 1. The minimum atomic E-state index is 0.192. The van der Waals surface area contributed by atoms with E-state index in [4.69, 9.17) is 5.73 Å². The van der Waals surface area contributed by atoms with Gasteiger partial charge in [-0.3, -0.25) is 0 Å². The van der Waals surface area contributed by atoms with Gasteiger partial charge in [0.05, 0.1) is 11.9 Å². The van der Waals surface area contributed by atoms with Crippen LogP contribution in [-0.4, -0.2) is 26.4 Å². The molecule has 6 heteroatoms. The van der Waals surface area contributed by atoms with E-state index in [1.165, 1.54) is 0 Å². The molecule has 2 aromatic heterocycles. The predicted molar refractivity (Wildman–Crippen MR) is 59.5 cm³/mol. The predicted octanol–water partition coefficient (Wildman–Crippen LogP) is 1.21. The van der Waals surface area contributed by atoms with E-state index in [0.717, 1.165) is 29.2 Å². The van der Waals surface area contributed by atoms with Crippen LogP contribution in [0, 0.1) is 0 Å². The first-order chi connectivity index (χ1) is 7.29. The molecular formula is C9H13N5S. The summed E-state index contributed by atoms with van der Waals surface area (Å²) in [5.74, 6) is 0. The van der Waals surface area contributed by atoms with Crippen LogP contribution in [0.2, 0.25) is 0 Å². The van der Waals surface area contributed by atoms with Crippen molar-refractivity contribution in [3.63, 3.8) is 0 Å². The molecule has 0 fully saturated rings. The molecule has 0 saturated heterocycles. The molecule has 2 heterocycles. The van der Waals surface area contributed by atoms with Gasteiger partial charge in [0.15, 0.2) is 0 Å². The highest BCUT2D eigenvalue weighted by Crippen LogP contribution is 2.21. The van der Waals surface area contributed by atoms with Crippen molar-refractivity contribution in [1.29, 1.82) is 0 Å². The molecule has 1 unspecified atom stereocenters. The van der Waals surface area contributed by atoms with Crippen LogP contribution >= 0.6 is 11.3 Å². The molecule has 0 aliphatic rings. The molecule has 0 bridgehead atoms. The summed E-state index contributed by atoms with van der Waals surface area (Å²) < 4.78 is 0. The number of hydrogen-bond acceptors (Lipinski definition) is 5. The molecule has 0 saturated carbocycles. The van der Waals surface area contributed by atoms with Gasteiger partial charge in [0.1, 0.15) is 10.7 Å². The molecule has 0 spiro atoms. The Bertz CT molecular complexity index is 408. The quantitative estimate of drug-likeness (QED) is 0.816. The molecule has 0 aromatic carbocycles. The molecule has 80 valence electrons. The van der Waals surface area contributed by atoms with Gasteiger partial charge < -0.3 is 5.73 Å². The van der Waals surface area contributed by atoms with Crippen LogP contribution in [0.5, 0.6) is 0 Å². The average Bonchev–Trinajstić information content (AvgIpc) is 2.85. The molecule has 5 nitrogen and oxygen atoms in total. The molecule has 15 heavy (non-hydrogen) atoms. The Morgan fingerprint density at radius 1 is 1.60 bits per heavy atom. The summed E-state index contributed by atoms with van der Waals surface area (Å²) in [6.07, 6.45) is 3.46. The standard InChI is InChI=1S/C9H13N5S/c1-2-6(10)3-7-5-15-9(12-7)8-4-11-14-13-8/h4-6H,2-3,10H2,1H3,(H,11,13,14). The molecule has 0 amide bonds. The second kappa shape index (κ2) is 4.50. The molecular weight excluding hydrogens is 210 g/mol. The Hall–Kier alpha value is -1.27. The fourth-order valence-electron chi connectivity index (χ4n) is 1.24. The second-order valence-electron chi connectivity index (χ2n) is 3.37. The van der Waals surface area contributed by atoms with Crippen molar-refractivity contribution in [3.8, 4) is 10.7 Å². The van der Waals surface area contributed by atoms with Gasteiger partial charge >= 0.3 is 0 Å². The summed E-state index contributed by atoms with van der Waals surface area (Å²) in [5, 5.41) is 13.2. The minimum Gasteiger partial charge on any atom is -0.327 e. The Morgan fingerprint density at radius 2 is 2.47 bits per heavy atom. The first-order valence-electron chi connectivity index (χ1n) is 4.85. The molecule has 0 radical (unpaired) electrons. The highest BCUT2D eigenvalue weighted by molar-refractivity contribution is 7.13. The fourth-order valence-corrected chi connectivity index (χ4v) is 2.02. The van der Waals surface area contributed by atoms with E-state index >= 15 is 0 Å². The zero-order valence-corrected chi connectivity index (χ0v) is 9.29. The molecule has 2 aromatic rings. The summed E-state index contributed by atoms with van der Waals surface area (Å²) in [6.45, 7) is 2.08. The van der Waals surface area contributed by atoms with Gasteiger partial charge in [-0.2, -0.15) is 15.4 Å². The maximum atomic E-state index is 5.86. The lowest BCUT2D eigenvalue weighted by Crippen LogP contribution is -2.21. The smallest absolute Gasteiger partial charge is 0.145 e. The number of hydrogen-bond donors (Lipinski definition) is 2. The van der Waals surface area contributed by atoms with E-state index < -0.39 is 0 Å². The van der Waals surface area contributed by atoms with Crippen LogP contribution in [0.3, 0.4) is 0 Å². The van der Waals surface area contributed by atoms with Gasteiger partial charge in [-0.15, -0.1) is 11.3 Å². The molecule has 3 N–H and O–H groups in total. The van der Waals surface area contributed by atoms with Crippen LogP contribution in [0.4, 0.5) is 0 Å². The maximum absolute atomic E-state index is 5.86. The lowest BCUT2D eigenvalue weighted by molar-refractivity contribution is 0.639. The fraction of sp³-hybridized carbons (Fsp3) is 0.444.